The van der Waals surface area contributed by atoms with Crippen molar-refractivity contribution < 1.29 is 32.2 Å². The van der Waals surface area contributed by atoms with E-state index in [1.165, 1.54) is 19.2 Å². The molecule has 0 bridgehead atoms. The Morgan fingerprint density at radius 2 is 1.71 bits per heavy atom. The number of alkyl carbamates (subject to hydrolysis) is 1. The molecule has 0 aliphatic carbocycles. The van der Waals surface area contributed by atoms with Crippen molar-refractivity contribution in [3.8, 4) is 0 Å². The zero-order valence-electron chi connectivity index (χ0n) is 17.5. The van der Waals surface area contributed by atoms with Gasteiger partial charge < -0.3 is 25.8 Å². The van der Waals surface area contributed by atoms with Crippen LogP contribution in [-0.2, 0) is 22.2 Å². The maximum atomic E-state index is 13.0. The van der Waals surface area contributed by atoms with Crippen LogP contribution in [0.2, 0.25) is 0 Å². The number of alkyl halides is 3. The summed E-state index contributed by atoms with van der Waals surface area (Å²) in [6.07, 6.45) is -5.18. The van der Waals surface area contributed by atoms with Gasteiger partial charge in [0, 0.05) is 6.54 Å². The third-order valence-electron chi connectivity index (χ3n) is 3.97. The summed E-state index contributed by atoms with van der Waals surface area (Å²) < 4.78 is 49.0. The highest BCUT2D eigenvalue weighted by molar-refractivity contribution is 5.97. The molecule has 4 N–H and O–H groups in total. The average molecular weight is 439 g/mol. The number of hydrogen-bond acceptors (Lipinski definition) is 6. The Balaban J connectivity index is 2.29. The van der Waals surface area contributed by atoms with E-state index in [9.17, 15) is 22.8 Å². The summed E-state index contributed by atoms with van der Waals surface area (Å²) in [6.45, 7) is 5.23. The van der Waals surface area contributed by atoms with Gasteiger partial charge in [-0.2, -0.15) is 13.2 Å². The highest BCUT2D eigenvalue weighted by atomic mass is 19.4. The molecule has 0 fully saturated rings. The van der Waals surface area contributed by atoms with E-state index in [0.29, 0.717) is 5.56 Å². The molecule has 168 valence electrons. The first-order valence-corrected chi connectivity index (χ1v) is 9.22. The first-order valence-electron chi connectivity index (χ1n) is 9.22. The number of methoxy groups -OCH3 is 1. The number of hydrogen-bond donors (Lipinski definition) is 3. The van der Waals surface area contributed by atoms with E-state index in [4.69, 9.17) is 15.2 Å². The third-order valence-corrected chi connectivity index (χ3v) is 3.97. The van der Waals surface area contributed by atoms with Crippen LogP contribution in [0, 0.1) is 0 Å². The number of nitrogens with one attached hydrogen (secondary N) is 2. The Kier molecular flexibility index (Phi) is 7.04. The molecule has 7 nitrogen and oxygen atoms in total. The Bertz CT molecular complexity index is 969. The number of benzene rings is 2. The largest absolute Gasteiger partial charge is 0.465 e. The van der Waals surface area contributed by atoms with Gasteiger partial charge in [-0.1, -0.05) is 6.07 Å². The molecular formula is C21H24F3N3O4. The maximum Gasteiger partial charge on any atom is 0.416 e. The minimum atomic E-state index is -4.55. The van der Waals surface area contributed by atoms with Gasteiger partial charge in [-0.05, 0) is 56.7 Å². The van der Waals surface area contributed by atoms with E-state index in [1.54, 1.807) is 26.8 Å². The summed E-state index contributed by atoms with van der Waals surface area (Å²) in [5, 5.41) is 5.32. The van der Waals surface area contributed by atoms with E-state index in [-0.39, 0.29) is 29.2 Å². The van der Waals surface area contributed by atoms with Crippen LogP contribution < -0.4 is 16.4 Å². The standard InChI is InChI=1S/C21H24F3N3O4/c1-20(2,3)31-19(29)26-11-12-5-8-16(14(9-12)18(28)30-4)27-17-10-13(21(22,23)24)6-7-15(17)25/h5-10,27H,11,25H2,1-4H3,(H,26,29). The lowest BCUT2D eigenvalue weighted by Gasteiger charge is -2.20. The van der Waals surface area contributed by atoms with Crippen LogP contribution in [0.4, 0.5) is 35.0 Å². The van der Waals surface area contributed by atoms with Gasteiger partial charge in [0.15, 0.2) is 0 Å². The second-order valence-corrected chi connectivity index (χ2v) is 7.65. The number of anilines is 3. The van der Waals surface area contributed by atoms with Crippen molar-refractivity contribution in [2.45, 2.75) is 39.1 Å². The summed E-state index contributed by atoms with van der Waals surface area (Å²) in [4.78, 5) is 24.1. The van der Waals surface area contributed by atoms with Gasteiger partial charge in [0.2, 0.25) is 0 Å². The summed E-state index contributed by atoms with van der Waals surface area (Å²) in [7, 11) is 1.18. The molecule has 0 saturated carbocycles. The van der Waals surface area contributed by atoms with Gasteiger partial charge in [-0.25, -0.2) is 9.59 Å². The van der Waals surface area contributed by atoms with Crippen LogP contribution in [0.25, 0.3) is 0 Å². The number of rotatable bonds is 5. The van der Waals surface area contributed by atoms with Crippen LogP contribution >= 0.6 is 0 Å². The average Bonchev–Trinajstić information content (AvgIpc) is 2.66. The molecule has 10 heteroatoms. The predicted octanol–water partition coefficient (Wildman–Crippen LogP) is 4.84. The summed E-state index contributed by atoms with van der Waals surface area (Å²) in [6, 6.07) is 7.38. The molecule has 0 saturated heterocycles. The van der Waals surface area contributed by atoms with E-state index in [2.05, 4.69) is 10.6 Å². The fraction of sp³-hybridized carbons (Fsp3) is 0.333. The minimum absolute atomic E-state index is 0.0143. The van der Waals surface area contributed by atoms with Gasteiger partial charge in [0.1, 0.15) is 5.60 Å². The van der Waals surface area contributed by atoms with Crippen LogP contribution in [0.5, 0.6) is 0 Å². The number of carbonyl (C=O) groups excluding carboxylic acids is 2. The minimum Gasteiger partial charge on any atom is -0.465 e. The lowest BCUT2D eigenvalue weighted by Crippen LogP contribution is -2.32. The molecule has 1 amide bonds. The van der Waals surface area contributed by atoms with Crippen molar-refractivity contribution in [2.75, 3.05) is 18.2 Å². The lowest BCUT2D eigenvalue weighted by molar-refractivity contribution is -0.137. The quantitative estimate of drug-likeness (QED) is 0.455. The molecule has 0 radical (unpaired) electrons. The van der Waals surface area contributed by atoms with Crippen molar-refractivity contribution in [3.05, 3.63) is 53.1 Å². The zero-order valence-corrected chi connectivity index (χ0v) is 17.5. The first-order chi connectivity index (χ1) is 14.3. The van der Waals surface area contributed by atoms with Crippen molar-refractivity contribution in [2.24, 2.45) is 0 Å². The van der Waals surface area contributed by atoms with Crippen molar-refractivity contribution in [1.29, 1.82) is 0 Å². The zero-order chi connectivity index (χ0) is 23.4. The Morgan fingerprint density at radius 3 is 2.29 bits per heavy atom. The molecule has 31 heavy (non-hydrogen) atoms. The lowest BCUT2D eigenvalue weighted by atomic mass is 10.1. The van der Waals surface area contributed by atoms with Crippen LogP contribution in [0.3, 0.4) is 0 Å². The molecule has 0 atom stereocenters. The second-order valence-electron chi connectivity index (χ2n) is 7.65. The van der Waals surface area contributed by atoms with Crippen molar-refractivity contribution in [3.63, 3.8) is 0 Å². The number of ether oxygens (including phenoxy) is 2. The van der Waals surface area contributed by atoms with Crippen LogP contribution in [-0.4, -0.2) is 24.8 Å². The van der Waals surface area contributed by atoms with Crippen LogP contribution in [0.1, 0.15) is 42.3 Å². The molecule has 0 aromatic heterocycles. The highest BCUT2D eigenvalue weighted by Crippen LogP contribution is 2.35. The monoisotopic (exact) mass is 439 g/mol. The molecule has 0 heterocycles. The van der Waals surface area contributed by atoms with Gasteiger partial charge in [0.25, 0.3) is 0 Å². The normalized spacial score (nSPS) is 11.6. The smallest absolute Gasteiger partial charge is 0.416 e. The fourth-order valence-corrected chi connectivity index (χ4v) is 2.56. The number of esters is 1. The molecule has 2 rings (SSSR count). The van der Waals surface area contributed by atoms with E-state index >= 15 is 0 Å². The SMILES string of the molecule is COC(=O)c1cc(CNC(=O)OC(C)(C)C)ccc1Nc1cc(C(F)(F)F)ccc1N. The van der Waals surface area contributed by atoms with Crippen molar-refractivity contribution in [1.82, 2.24) is 5.32 Å². The molecule has 0 spiro atoms. The molecule has 2 aromatic carbocycles. The van der Waals surface area contributed by atoms with Gasteiger partial charge in [-0.3, -0.25) is 0 Å². The molecule has 0 aliphatic rings. The third kappa shape index (κ3) is 6.80. The Hall–Kier alpha value is -3.43. The fourth-order valence-electron chi connectivity index (χ4n) is 2.56. The number of amides is 1. The number of nitrogens with two attached hydrogens (primary N) is 1. The summed E-state index contributed by atoms with van der Waals surface area (Å²) in [5.41, 5.74) is 5.10. The Morgan fingerprint density at radius 1 is 1.03 bits per heavy atom. The van der Waals surface area contributed by atoms with Gasteiger partial charge >= 0.3 is 18.2 Å². The van der Waals surface area contributed by atoms with Crippen molar-refractivity contribution >= 4 is 29.1 Å². The number of halogens is 3. The first kappa shape index (κ1) is 23.8. The predicted molar refractivity (Wildman–Crippen MR) is 110 cm³/mol. The maximum absolute atomic E-state index is 13.0. The van der Waals surface area contributed by atoms with E-state index in [1.807, 2.05) is 0 Å². The molecular weight excluding hydrogens is 415 g/mol. The number of carbonyl (C=O) groups is 2. The summed E-state index contributed by atoms with van der Waals surface area (Å²) in [5.74, 6) is -0.716. The Labute approximate surface area is 177 Å². The highest BCUT2D eigenvalue weighted by Gasteiger charge is 2.31. The van der Waals surface area contributed by atoms with Gasteiger partial charge in [0.05, 0.1) is 35.3 Å². The topological polar surface area (TPSA) is 103 Å². The van der Waals surface area contributed by atoms with E-state index < -0.39 is 29.4 Å². The number of nitrogen functional groups attached to an aromatic ring is 1. The summed E-state index contributed by atoms with van der Waals surface area (Å²) >= 11 is 0. The molecule has 2 aromatic rings. The van der Waals surface area contributed by atoms with Gasteiger partial charge in [-0.15, -0.1) is 0 Å². The molecule has 0 unspecified atom stereocenters. The molecule has 0 aliphatic heterocycles. The second kappa shape index (κ2) is 9.15. The van der Waals surface area contributed by atoms with Crippen LogP contribution in [0.15, 0.2) is 36.4 Å². The van der Waals surface area contributed by atoms with E-state index in [0.717, 1.165) is 18.2 Å².